The Morgan fingerprint density at radius 3 is 2.40 bits per heavy atom. The number of hydrogen-bond donors (Lipinski definition) is 0. The minimum atomic E-state index is -0.273. The van der Waals surface area contributed by atoms with Gasteiger partial charge in [0.05, 0.1) is 0 Å². The van der Waals surface area contributed by atoms with E-state index in [1.807, 2.05) is 24.3 Å². The van der Waals surface area contributed by atoms with E-state index in [0.29, 0.717) is 0 Å². The minimum absolute atomic E-state index is 0.0392. The van der Waals surface area contributed by atoms with Crippen LogP contribution in [0.5, 0.6) is 5.75 Å². The molecule has 1 fully saturated rings. The highest BCUT2D eigenvalue weighted by Gasteiger charge is 2.18. The molecule has 0 atom stereocenters. The Kier molecular flexibility index (Phi) is 4.55. The molecule has 3 nitrogen and oxygen atoms in total. The first-order valence-electron chi connectivity index (χ1n) is 9.03. The summed E-state index contributed by atoms with van der Waals surface area (Å²) < 4.78 is 11.3. The maximum absolute atomic E-state index is 12.1. The van der Waals surface area contributed by atoms with E-state index in [2.05, 4.69) is 30.3 Å². The molecule has 1 saturated carbocycles. The third-order valence-corrected chi connectivity index (χ3v) is 4.90. The molecule has 0 aromatic heterocycles. The predicted octanol–water partition coefficient (Wildman–Crippen LogP) is 5.25. The summed E-state index contributed by atoms with van der Waals surface area (Å²) in [5.41, 5.74) is 0. The molecule has 3 aromatic carbocycles. The summed E-state index contributed by atoms with van der Waals surface area (Å²) in [4.78, 5) is 12.1. The zero-order valence-electron chi connectivity index (χ0n) is 14.2. The Balaban J connectivity index is 1.50. The van der Waals surface area contributed by atoms with Crippen molar-refractivity contribution in [2.24, 2.45) is 0 Å². The lowest BCUT2D eigenvalue weighted by atomic mass is 9.98. The van der Waals surface area contributed by atoms with Crippen molar-refractivity contribution in [3.8, 4) is 5.75 Å². The topological polar surface area (TPSA) is 35.5 Å². The van der Waals surface area contributed by atoms with Gasteiger partial charge in [-0.3, -0.25) is 0 Å². The molecule has 3 heteroatoms. The van der Waals surface area contributed by atoms with E-state index in [1.54, 1.807) is 0 Å². The monoisotopic (exact) mass is 334 g/mol. The van der Waals surface area contributed by atoms with Crippen LogP contribution in [0, 0.1) is 0 Å². The Bertz CT molecular complexity index is 894. The highest BCUT2D eigenvalue weighted by Crippen LogP contribution is 2.30. The molecule has 0 aliphatic heterocycles. The zero-order valence-corrected chi connectivity index (χ0v) is 14.2. The van der Waals surface area contributed by atoms with Gasteiger partial charge < -0.3 is 9.47 Å². The van der Waals surface area contributed by atoms with Crippen molar-refractivity contribution in [3.63, 3.8) is 0 Å². The van der Waals surface area contributed by atoms with E-state index in [0.717, 1.165) is 47.6 Å². The molecule has 25 heavy (non-hydrogen) atoms. The first-order chi connectivity index (χ1) is 12.3. The molecule has 128 valence electrons. The Morgan fingerprint density at radius 1 is 0.880 bits per heavy atom. The first-order valence-corrected chi connectivity index (χ1v) is 9.03. The molecule has 0 heterocycles. The van der Waals surface area contributed by atoms with Crippen LogP contribution >= 0.6 is 0 Å². The van der Waals surface area contributed by atoms with E-state index in [4.69, 9.17) is 9.47 Å². The lowest BCUT2D eigenvalue weighted by Gasteiger charge is -2.21. The number of rotatable bonds is 4. The van der Waals surface area contributed by atoms with E-state index >= 15 is 0 Å². The maximum Gasteiger partial charge on any atom is 0.344 e. The normalized spacial score (nSPS) is 15.4. The van der Waals surface area contributed by atoms with E-state index < -0.39 is 0 Å². The van der Waals surface area contributed by atoms with Gasteiger partial charge >= 0.3 is 5.97 Å². The number of carbonyl (C=O) groups excluding carboxylic acids is 1. The van der Waals surface area contributed by atoms with Gasteiger partial charge in [-0.15, -0.1) is 0 Å². The summed E-state index contributed by atoms with van der Waals surface area (Å²) in [7, 11) is 0. The Hall–Kier alpha value is -2.55. The molecule has 0 saturated heterocycles. The minimum Gasteiger partial charge on any atom is -0.481 e. The van der Waals surface area contributed by atoms with Gasteiger partial charge in [-0.1, -0.05) is 42.8 Å². The molecule has 0 N–H and O–H groups in total. The van der Waals surface area contributed by atoms with Crippen LogP contribution in [0.3, 0.4) is 0 Å². The maximum atomic E-state index is 12.1. The van der Waals surface area contributed by atoms with Gasteiger partial charge in [0, 0.05) is 5.39 Å². The molecule has 0 spiro atoms. The van der Waals surface area contributed by atoms with Gasteiger partial charge in [-0.25, -0.2) is 4.79 Å². The van der Waals surface area contributed by atoms with Crippen LogP contribution in [-0.2, 0) is 9.53 Å². The predicted molar refractivity (Wildman–Crippen MR) is 99.9 cm³/mol. The van der Waals surface area contributed by atoms with Crippen molar-refractivity contribution in [3.05, 3.63) is 54.6 Å². The van der Waals surface area contributed by atoms with Crippen LogP contribution in [-0.4, -0.2) is 18.7 Å². The lowest BCUT2D eigenvalue weighted by molar-refractivity contribution is -0.152. The Labute approximate surface area is 147 Å². The molecule has 3 aromatic rings. The third-order valence-electron chi connectivity index (χ3n) is 4.90. The second-order valence-electron chi connectivity index (χ2n) is 6.72. The Morgan fingerprint density at radius 2 is 1.60 bits per heavy atom. The average molecular weight is 334 g/mol. The quantitative estimate of drug-likeness (QED) is 0.483. The molecule has 0 amide bonds. The van der Waals surface area contributed by atoms with Gasteiger partial charge in [0.15, 0.2) is 6.61 Å². The fourth-order valence-electron chi connectivity index (χ4n) is 3.60. The van der Waals surface area contributed by atoms with Crippen LogP contribution in [0.25, 0.3) is 21.5 Å². The summed E-state index contributed by atoms with van der Waals surface area (Å²) in [6, 6.07) is 18.4. The van der Waals surface area contributed by atoms with Crippen molar-refractivity contribution in [2.45, 2.75) is 38.2 Å². The van der Waals surface area contributed by atoms with Gasteiger partial charge in [-0.05, 0) is 60.0 Å². The molecule has 1 aliphatic rings. The molecule has 0 bridgehead atoms. The molecular weight excluding hydrogens is 312 g/mol. The van der Waals surface area contributed by atoms with E-state index in [-0.39, 0.29) is 18.7 Å². The number of hydrogen-bond acceptors (Lipinski definition) is 3. The van der Waals surface area contributed by atoms with Crippen LogP contribution in [0.2, 0.25) is 0 Å². The van der Waals surface area contributed by atoms with Gasteiger partial charge in [0.25, 0.3) is 0 Å². The van der Waals surface area contributed by atoms with Crippen LogP contribution in [0.4, 0.5) is 0 Å². The van der Waals surface area contributed by atoms with Gasteiger partial charge in [-0.2, -0.15) is 0 Å². The SMILES string of the molecule is O=C(COc1cccc2cc3ccccc3cc12)OC1CCCCC1. The second kappa shape index (κ2) is 7.14. The van der Waals surface area contributed by atoms with E-state index in [1.165, 1.54) is 11.8 Å². The number of fused-ring (bicyclic) bond motifs is 2. The van der Waals surface area contributed by atoms with Crippen molar-refractivity contribution in [2.75, 3.05) is 6.61 Å². The molecule has 4 rings (SSSR count). The molecule has 0 unspecified atom stereocenters. The van der Waals surface area contributed by atoms with Crippen LogP contribution in [0.1, 0.15) is 32.1 Å². The summed E-state index contributed by atoms with van der Waals surface area (Å²) in [5, 5.41) is 4.49. The van der Waals surface area contributed by atoms with Gasteiger partial charge in [0.1, 0.15) is 11.9 Å². The summed E-state index contributed by atoms with van der Waals surface area (Å²) in [6.07, 6.45) is 5.57. The summed E-state index contributed by atoms with van der Waals surface area (Å²) in [5.74, 6) is 0.452. The number of benzene rings is 3. The molecule has 0 radical (unpaired) electrons. The number of ether oxygens (including phenoxy) is 2. The summed E-state index contributed by atoms with van der Waals surface area (Å²) >= 11 is 0. The highest BCUT2D eigenvalue weighted by atomic mass is 16.6. The van der Waals surface area contributed by atoms with Crippen LogP contribution in [0.15, 0.2) is 54.6 Å². The highest BCUT2D eigenvalue weighted by molar-refractivity contribution is 6.00. The van der Waals surface area contributed by atoms with Crippen molar-refractivity contribution in [1.82, 2.24) is 0 Å². The van der Waals surface area contributed by atoms with Crippen molar-refractivity contribution in [1.29, 1.82) is 0 Å². The number of esters is 1. The fraction of sp³-hybridized carbons (Fsp3) is 0.318. The molecular formula is C22H22O3. The average Bonchev–Trinajstić information content (AvgIpc) is 2.65. The second-order valence-corrected chi connectivity index (χ2v) is 6.72. The zero-order chi connectivity index (χ0) is 17.1. The van der Waals surface area contributed by atoms with E-state index in [9.17, 15) is 4.79 Å². The number of carbonyl (C=O) groups is 1. The first kappa shape index (κ1) is 15.9. The van der Waals surface area contributed by atoms with Crippen LogP contribution < -0.4 is 4.74 Å². The fourth-order valence-corrected chi connectivity index (χ4v) is 3.60. The van der Waals surface area contributed by atoms with Gasteiger partial charge in [0.2, 0.25) is 0 Å². The smallest absolute Gasteiger partial charge is 0.344 e. The van der Waals surface area contributed by atoms with Crippen molar-refractivity contribution < 1.29 is 14.3 Å². The molecule has 1 aliphatic carbocycles. The summed E-state index contributed by atoms with van der Waals surface area (Å²) in [6.45, 7) is -0.0392. The lowest BCUT2D eigenvalue weighted by Crippen LogP contribution is -2.24. The third kappa shape index (κ3) is 3.60. The van der Waals surface area contributed by atoms with Crippen molar-refractivity contribution >= 4 is 27.5 Å². The largest absolute Gasteiger partial charge is 0.481 e. The standard InChI is InChI=1S/C22H22O3/c23-22(25-19-10-2-1-3-11-19)15-24-21-12-6-9-18-13-16-7-4-5-8-17(16)14-20(18)21/h4-9,12-14,19H,1-3,10-11,15H2.